The first-order valence-electron chi connectivity index (χ1n) is 10.8. The van der Waals surface area contributed by atoms with E-state index >= 15 is 0 Å². The van der Waals surface area contributed by atoms with Crippen LogP contribution in [0, 0.1) is 0 Å². The second-order valence-corrected chi connectivity index (χ2v) is 8.03. The Kier molecular flexibility index (Phi) is 7.38. The van der Waals surface area contributed by atoms with E-state index in [0.29, 0.717) is 17.6 Å². The van der Waals surface area contributed by atoms with E-state index in [2.05, 4.69) is 55.1 Å². The fourth-order valence-electron chi connectivity index (χ4n) is 4.68. The van der Waals surface area contributed by atoms with Gasteiger partial charge >= 0.3 is 0 Å². The van der Waals surface area contributed by atoms with Crippen molar-refractivity contribution in [2.75, 3.05) is 20.2 Å². The number of nitrogens with zero attached hydrogens (tertiary/aromatic N) is 1. The molecule has 0 unspecified atom stereocenters. The van der Waals surface area contributed by atoms with Crippen molar-refractivity contribution >= 4 is 0 Å². The number of hydrogen-bond acceptors (Lipinski definition) is 3. The van der Waals surface area contributed by atoms with E-state index in [0.717, 1.165) is 43.8 Å². The van der Waals surface area contributed by atoms with Crippen molar-refractivity contribution in [2.24, 2.45) is 0 Å². The molecule has 3 heteroatoms. The molecule has 2 aromatic rings. The molecule has 3 rings (SSSR count). The van der Waals surface area contributed by atoms with Crippen molar-refractivity contribution in [1.29, 1.82) is 0 Å². The van der Waals surface area contributed by atoms with Crippen LogP contribution >= 0.6 is 0 Å². The van der Waals surface area contributed by atoms with Crippen LogP contribution in [0.25, 0.3) is 0 Å². The molecule has 1 aliphatic rings. The van der Waals surface area contributed by atoms with Gasteiger partial charge in [0.15, 0.2) is 0 Å². The van der Waals surface area contributed by atoms with Gasteiger partial charge in [0.1, 0.15) is 11.5 Å². The van der Waals surface area contributed by atoms with Crippen LogP contribution in [-0.2, 0) is 6.54 Å². The second-order valence-electron chi connectivity index (χ2n) is 8.03. The average Bonchev–Trinajstić information content (AvgIpc) is 2.74. The Labute approximate surface area is 170 Å². The number of likely N-dealkylation sites (tertiary alicyclic amines) is 1. The van der Waals surface area contributed by atoms with Gasteiger partial charge in [-0.1, -0.05) is 44.5 Å². The monoisotopic (exact) mass is 381 g/mol. The molecule has 28 heavy (non-hydrogen) atoms. The van der Waals surface area contributed by atoms with E-state index in [4.69, 9.17) is 4.74 Å². The highest BCUT2D eigenvalue weighted by atomic mass is 16.5. The number of methoxy groups -OCH3 is 1. The van der Waals surface area contributed by atoms with Crippen LogP contribution < -0.4 is 4.74 Å². The zero-order valence-corrected chi connectivity index (χ0v) is 17.7. The molecule has 2 atom stereocenters. The van der Waals surface area contributed by atoms with Gasteiger partial charge in [0, 0.05) is 12.1 Å². The minimum Gasteiger partial charge on any atom is -0.508 e. The number of benzene rings is 2. The quantitative estimate of drug-likeness (QED) is 0.602. The van der Waals surface area contributed by atoms with Crippen LogP contribution in [0.2, 0.25) is 0 Å². The summed E-state index contributed by atoms with van der Waals surface area (Å²) in [6.07, 6.45) is 6.05. The SMILES string of the molecule is CC[C@H](c1ccc(O)c(CN2CCCCC2)c1)[C@@H](CC)c1ccc(OC)cc1. The van der Waals surface area contributed by atoms with Crippen molar-refractivity contribution in [1.82, 2.24) is 4.90 Å². The summed E-state index contributed by atoms with van der Waals surface area (Å²) in [5, 5.41) is 10.5. The summed E-state index contributed by atoms with van der Waals surface area (Å²) < 4.78 is 5.32. The maximum absolute atomic E-state index is 10.5. The van der Waals surface area contributed by atoms with Crippen molar-refractivity contribution in [2.45, 2.75) is 64.3 Å². The van der Waals surface area contributed by atoms with Crippen molar-refractivity contribution in [3.8, 4) is 11.5 Å². The molecule has 152 valence electrons. The fraction of sp³-hybridized carbons (Fsp3) is 0.520. The minimum atomic E-state index is 0.432. The minimum absolute atomic E-state index is 0.432. The van der Waals surface area contributed by atoms with Gasteiger partial charge < -0.3 is 9.84 Å². The average molecular weight is 382 g/mol. The molecule has 0 spiro atoms. The van der Waals surface area contributed by atoms with Crippen LogP contribution in [0.3, 0.4) is 0 Å². The summed E-state index contributed by atoms with van der Waals surface area (Å²) in [6, 6.07) is 14.8. The highest BCUT2D eigenvalue weighted by Crippen LogP contribution is 2.39. The lowest BCUT2D eigenvalue weighted by Gasteiger charge is -2.29. The predicted molar refractivity (Wildman–Crippen MR) is 116 cm³/mol. The lowest BCUT2D eigenvalue weighted by molar-refractivity contribution is 0.218. The Bertz CT molecular complexity index is 735. The summed E-state index contributed by atoms with van der Waals surface area (Å²) in [7, 11) is 1.71. The molecule has 3 nitrogen and oxygen atoms in total. The van der Waals surface area contributed by atoms with Gasteiger partial charge in [0.05, 0.1) is 7.11 Å². The molecule has 0 aliphatic carbocycles. The molecular weight excluding hydrogens is 346 g/mol. The number of rotatable bonds is 8. The van der Waals surface area contributed by atoms with E-state index in [9.17, 15) is 5.11 Å². The van der Waals surface area contributed by atoms with Crippen molar-refractivity contribution < 1.29 is 9.84 Å². The molecule has 1 heterocycles. The molecule has 0 radical (unpaired) electrons. The summed E-state index contributed by atoms with van der Waals surface area (Å²) >= 11 is 0. The van der Waals surface area contributed by atoms with Gasteiger partial charge in [0.25, 0.3) is 0 Å². The fourth-order valence-corrected chi connectivity index (χ4v) is 4.68. The van der Waals surface area contributed by atoms with E-state index in [1.807, 2.05) is 6.07 Å². The van der Waals surface area contributed by atoms with E-state index in [1.54, 1.807) is 7.11 Å². The highest BCUT2D eigenvalue weighted by molar-refractivity contribution is 5.40. The number of ether oxygens (including phenoxy) is 1. The Balaban J connectivity index is 1.84. The topological polar surface area (TPSA) is 32.7 Å². The standard InChI is InChI=1S/C25H35NO2/c1-4-23(19-9-12-22(28-3)13-10-19)24(5-2)20-11-14-25(27)21(17-20)18-26-15-7-6-8-16-26/h9-14,17,23-24,27H,4-8,15-16,18H2,1-3H3/t23-,24+/m0/s1. The molecule has 0 amide bonds. The van der Waals surface area contributed by atoms with Gasteiger partial charge in [0.2, 0.25) is 0 Å². The normalized spacial score (nSPS) is 17.2. The van der Waals surface area contributed by atoms with Crippen LogP contribution in [0.4, 0.5) is 0 Å². The molecule has 1 fully saturated rings. The summed E-state index contributed by atoms with van der Waals surface area (Å²) in [6.45, 7) is 7.69. The van der Waals surface area contributed by atoms with Gasteiger partial charge in [-0.15, -0.1) is 0 Å². The van der Waals surface area contributed by atoms with Crippen molar-refractivity contribution in [3.05, 3.63) is 59.2 Å². The smallest absolute Gasteiger partial charge is 0.120 e. The van der Waals surface area contributed by atoms with Crippen LogP contribution in [0.5, 0.6) is 11.5 Å². The highest BCUT2D eigenvalue weighted by Gasteiger charge is 2.23. The molecule has 0 saturated carbocycles. The zero-order valence-electron chi connectivity index (χ0n) is 17.7. The number of piperidine rings is 1. The van der Waals surface area contributed by atoms with Gasteiger partial charge in [-0.05, 0) is 79.9 Å². The first kappa shape index (κ1) is 20.7. The maximum atomic E-state index is 10.5. The van der Waals surface area contributed by atoms with Crippen LogP contribution in [0.15, 0.2) is 42.5 Å². The lowest BCUT2D eigenvalue weighted by Crippen LogP contribution is -2.29. The third-order valence-electron chi connectivity index (χ3n) is 6.28. The Hall–Kier alpha value is -2.00. The Morgan fingerprint density at radius 3 is 2.11 bits per heavy atom. The molecule has 1 saturated heterocycles. The molecule has 2 aromatic carbocycles. The third kappa shape index (κ3) is 4.88. The Morgan fingerprint density at radius 1 is 0.893 bits per heavy atom. The molecule has 0 aromatic heterocycles. The largest absolute Gasteiger partial charge is 0.508 e. The van der Waals surface area contributed by atoms with Gasteiger partial charge in [-0.3, -0.25) is 4.90 Å². The first-order chi connectivity index (χ1) is 13.7. The third-order valence-corrected chi connectivity index (χ3v) is 6.28. The molecular formula is C25H35NO2. The van der Waals surface area contributed by atoms with Crippen LogP contribution in [0.1, 0.15) is 74.5 Å². The first-order valence-corrected chi connectivity index (χ1v) is 10.8. The lowest BCUT2D eigenvalue weighted by atomic mass is 9.78. The van der Waals surface area contributed by atoms with Crippen LogP contribution in [-0.4, -0.2) is 30.2 Å². The predicted octanol–water partition coefficient (Wildman–Crippen LogP) is 6.07. The maximum Gasteiger partial charge on any atom is 0.120 e. The Morgan fingerprint density at radius 2 is 1.50 bits per heavy atom. The molecule has 1 aliphatic heterocycles. The zero-order chi connectivity index (χ0) is 19.9. The number of phenolic OH excluding ortho intramolecular Hbond substituents is 1. The number of hydrogen-bond donors (Lipinski definition) is 1. The molecule has 1 N–H and O–H groups in total. The second kappa shape index (κ2) is 9.97. The number of phenols is 1. The summed E-state index contributed by atoms with van der Waals surface area (Å²) in [5.41, 5.74) is 3.78. The number of aromatic hydroxyl groups is 1. The van der Waals surface area contributed by atoms with Gasteiger partial charge in [-0.25, -0.2) is 0 Å². The van der Waals surface area contributed by atoms with Crippen molar-refractivity contribution in [3.63, 3.8) is 0 Å². The molecule has 0 bridgehead atoms. The van der Waals surface area contributed by atoms with E-state index in [-0.39, 0.29) is 0 Å². The van der Waals surface area contributed by atoms with E-state index < -0.39 is 0 Å². The summed E-state index contributed by atoms with van der Waals surface area (Å²) in [5.74, 6) is 2.24. The van der Waals surface area contributed by atoms with E-state index in [1.165, 1.54) is 30.4 Å². The summed E-state index contributed by atoms with van der Waals surface area (Å²) in [4.78, 5) is 2.48. The van der Waals surface area contributed by atoms with Gasteiger partial charge in [-0.2, -0.15) is 0 Å².